The lowest BCUT2D eigenvalue weighted by molar-refractivity contribution is -0.276. The summed E-state index contributed by atoms with van der Waals surface area (Å²) in [6, 6.07) is 4.30. The van der Waals surface area contributed by atoms with Crippen molar-refractivity contribution < 1.29 is 45.1 Å². The number of methoxy groups -OCH3 is 1. The summed E-state index contributed by atoms with van der Waals surface area (Å²) in [6.45, 7) is 1.57. The van der Waals surface area contributed by atoms with Gasteiger partial charge in [0.2, 0.25) is 0 Å². The molecule has 0 spiro atoms. The summed E-state index contributed by atoms with van der Waals surface area (Å²) in [5.74, 6) is -2.07. The van der Waals surface area contributed by atoms with E-state index in [2.05, 4.69) is 15.3 Å². The molecule has 2 aliphatic rings. The van der Waals surface area contributed by atoms with E-state index < -0.39 is 46.3 Å². The first kappa shape index (κ1) is 27.2. The van der Waals surface area contributed by atoms with Gasteiger partial charge < -0.3 is 14.9 Å². The first-order chi connectivity index (χ1) is 17.2. The maximum absolute atomic E-state index is 14.7. The number of aryl methyl sites for hydroxylation is 1. The quantitative estimate of drug-likeness (QED) is 0.443. The van der Waals surface area contributed by atoms with Crippen molar-refractivity contribution in [1.29, 1.82) is 0 Å². The van der Waals surface area contributed by atoms with Crippen LogP contribution in [0.1, 0.15) is 51.9 Å². The Bertz CT molecular complexity index is 1260. The second kappa shape index (κ2) is 9.46. The molecule has 1 saturated carbocycles. The highest BCUT2D eigenvalue weighted by molar-refractivity contribution is 6.30. The van der Waals surface area contributed by atoms with Gasteiger partial charge in [0.15, 0.2) is 0 Å². The van der Waals surface area contributed by atoms with Crippen molar-refractivity contribution in [3.63, 3.8) is 0 Å². The second-order valence-corrected chi connectivity index (χ2v) is 9.38. The van der Waals surface area contributed by atoms with Crippen LogP contribution in [0.4, 0.5) is 30.7 Å². The Kier molecular flexibility index (Phi) is 6.95. The molecule has 37 heavy (non-hydrogen) atoms. The number of halogens is 8. The Morgan fingerprint density at radius 1 is 1.16 bits per heavy atom. The Hall–Kier alpha value is -2.86. The van der Waals surface area contributed by atoms with Crippen LogP contribution in [0, 0.1) is 12.7 Å². The molecule has 4 rings (SSSR count). The van der Waals surface area contributed by atoms with E-state index in [4.69, 9.17) is 16.3 Å². The second-order valence-electron chi connectivity index (χ2n) is 8.98. The van der Waals surface area contributed by atoms with Crippen LogP contribution in [-0.4, -0.2) is 37.1 Å². The normalized spacial score (nSPS) is 23.8. The summed E-state index contributed by atoms with van der Waals surface area (Å²) in [7, 11) is 1.57. The molecule has 0 saturated heterocycles. The highest BCUT2D eigenvalue weighted by atomic mass is 35.5. The molecular formula is C24H20ClF7N2O3. The van der Waals surface area contributed by atoms with Crippen LogP contribution >= 0.6 is 11.6 Å². The van der Waals surface area contributed by atoms with Gasteiger partial charge in [-0.2, -0.15) is 26.3 Å². The molecular weight excluding hydrogens is 533 g/mol. The van der Waals surface area contributed by atoms with Crippen molar-refractivity contribution in [2.45, 2.75) is 56.3 Å². The molecule has 1 N–H and O–H groups in total. The van der Waals surface area contributed by atoms with Crippen LogP contribution in [0.3, 0.4) is 0 Å². The third kappa shape index (κ3) is 5.00. The molecule has 1 amide bonds. The minimum atomic E-state index is -5.36. The Morgan fingerprint density at radius 2 is 1.84 bits per heavy atom. The van der Waals surface area contributed by atoms with Crippen molar-refractivity contribution in [2.24, 2.45) is 5.16 Å². The van der Waals surface area contributed by atoms with Crippen LogP contribution in [-0.2, 0) is 21.4 Å². The summed E-state index contributed by atoms with van der Waals surface area (Å²) >= 11 is 5.52. The van der Waals surface area contributed by atoms with Gasteiger partial charge in [0, 0.05) is 24.3 Å². The van der Waals surface area contributed by atoms with Gasteiger partial charge in [-0.05, 0) is 55.2 Å². The highest BCUT2D eigenvalue weighted by Crippen LogP contribution is 2.51. The lowest BCUT2D eigenvalue weighted by Crippen LogP contribution is -2.47. The van der Waals surface area contributed by atoms with E-state index in [9.17, 15) is 35.5 Å². The van der Waals surface area contributed by atoms with Crippen molar-refractivity contribution in [3.05, 3.63) is 69.0 Å². The zero-order chi connectivity index (χ0) is 27.3. The molecule has 0 unspecified atom stereocenters. The molecule has 1 atom stereocenters. The van der Waals surface area contributed by atoms with Gasteiger partial charge in [0.05, 0.1) is 28.8 Å². The summed E-state index contributed by atoms with van der Waals surface area (Å²) in [5.41, 5.74) is -6.00. The largest absolute Gasteiger partial charge is 0.435 e. The maximum atomic E-state index is 14.7. The number of nitrogens with one attached hydrogen (secondary N) is 1. The van der Waals surface area contributed by atoms with Crippen molar-refractivity contribution in [3.8, 4) is 0 Å². The lowest BCUT2D eigenvalue weighted by atomic mass is 9.85. The number of oxime groups is 1. The lowest BCUT2D eigenvalue weighted by Gasteiger charge is -2.34. The molecule has 5 nitrogen and oxygen atoms in total. The standard InChI is InChI=1S/C24H20ClF7N2O3/c1-11-5-12(3-4-16(11)21(35)33-14-8-15(9-14)36-2)19-10-22(37-34-19,24(30,31)32)17-6-13(23(27,28)29)7-18(25)20(17)26/h3-7,14-15H,8-10H2,1-2H3,(H,33,35)/t14-,15+,22-/m1/s1. The number of benzene rings is 2. The van der Waals surface area contributed by atoms with Gasteiger partial charge in [-0.25, -0.2) is 4.39 Å². The van der Waals surface area contributed by atoms with Crippen LogP contribution < -0.4 is 5.32 Å². The summed E-state index contributed by atoms with van der Waals surface area (Å²) in [6.07, 6.45) is -10.2. The third-order valence-electron chi connectivity index (χ3n) is 6.54. The fourth-order valence-electron chi connectivity index (χ4n) is 4.32. The molecule has 200 valence electrons. The molecule has 0 radical (unpaired) electrons. The van der Waals surface area contributed by atoms with Crippen molar-refractivity contribution in [2.75, 3.05) is 7.11 Å². The SMILES string of the molecule is CO[C@H]1C[C@@H](NC(=O)c2ccc(C3=NO[C@](c4cc(C(F)(F)F)cc(Cl)c4F)(C(F)(F)F)C3)cc2C)C1. The monoisotopic (exact) mass is 552 g/mol. The van der Waals surface area contributed by atoms with Crippen LogP contribution in [0.25, 0.3) is 0 Å². The molecule has 1 aliphatic heterocycles. The van der Waals surface area contributed by atoms with Gasteiger partial charge in [0.1, 0.15) is 5.82 Å². The number of carbonyl (C=O) groups excluding carboxylic acids is 1. The smallest absolute Gasteiger partial charge is 0.381 e. The Morgan fingerprint density at radius 3 is 2.41 bits per heavy atom. The Balaban J connectivity index is 1.62. The number of alkyl halides is 6. The molecule has 13 heteroatoms. The Labute approximate surface area is 211 Å². The fraction of sp³-hybridized carbons (Fsp3) is 0.417. The van der Waals surface area contributed by atoms with E-state index in [-0.39, 0.29) is 47.0 Å². The van der Waals surface area contributed by atoms with Gasteiger partial charge in [-0.1, -0.05) is 22.8 Å². The number of rotatable bonds is 5. The van der Waals surface area contributed by atoms with Crippen molar-refractivity contribution in [1.82, 2.24) is 5.32 Å². The van der Waals surface area contributed by atoms with Gasteiger partial charge >= 0.3 is 12.4 Å². The van der Waals surface area contributed by atoms with Crippen LogP contribution in [0.15, 0.2) is 35.5 Å². The number of carbonyl (C=O) groups is 1. The molecule has 1 aliphatic carbocycles. The molecule has 2 aromatic carbocycles. The predicted molar refractivity (Wildman–Crippen MR) is 119 cm³/mol. The number of nitrogens with zero attached hydrogens (tertiary/aromatic N) is 1. The highest BCUT2D eigenvalue weighted by Gasteiger charge is 2.64. The first-order valence-corrected chi connectivity index (χ1v) is 11.4. The summed E-state index contributed by atoms with van der Waals surface area (Å²) in [4.78, 5) is 17.3. The maximum Gasteiger partial charge on any atom is 0.435 e. The summed E-state index contributed by atoms with van der Waals surface area (Å²) < 4.78 is 102. The van der Waals surface area contributed by atoms with Gasteiger partial charge in [-0.3, -0.25) is 4.79 Å². The number of ether oxygens (including phenoxy) is 1. The number of hydrogen-bond acceptors (Lipinski definition) is 4. The van der Waals surface area contributed by atoms with Crippen molar-refractivity contribution >= 4 is 23.2 Å². The fourth-order valence-corrected chi connectivity index (χ4v) is 4.54. The summed E-state index contributed by atoms with van der Waals surface area (Å²) in [5, 5.41) is 5.16. The molecule has 1 fully saturated rings. The van der Waals surface area contributed by atoms with Gasteiger partial charge in [-0.15, -0.1) is 0 Å². The average molecular weight is 553 g/mol. The minimum Gasteiger partial charge on any atom is -0.381 e. The molecule has 1 heterocycles. The first-order valence-electron chi connectivity index (χ1n) is 11.0. The predicted octanol–water partition coefficient (Wildman–Crippen LogP) is 6.30. The average Bonchev–Trinajstić information content (AvgIpc) is 3.23. The zero-order valence-corrected chi connectivity index (χ0v) is 20.1. The van der Waals surface area contributed by atoms with E-state index in [1.54, 1.807) is 14.0 Å². The van der Waals surface area contributed by atoms with E-state index in [1.165, 1.54) is 18.2 Å². The molecule has 2 aromatic rings. The van der Waals surface area contributed by atoms with E-state index in [0.29, 0.717) is 18.4 Å². The number of amides is 1. The van der Waals surface area contributed by atoms with Gasteiger partial charge in [0.25, 0.3) is 11.5 Å². The van der Waals surface area contributed by atoms with E-state index in [0.717, 1.165) is 0 Å². The van der Waals surface area contributed by atoms with E-state index in [1.807, 2.05) is 0 Å². The third-order valence-corrected chi connectivity index (χ3v) is 6.82. The van der Waals surface area contributed by atoms with E-state index >= 15 is 0 Å². The van der Waals surface area contributed by atoms with Crippen LogP contribution in [0.5, 0.6) is 0 Å². The van der Waals surface area contributed by atoms with Crippen LogP contribution in [0.2, 0.25) is 5.02 Å². The topological polar surface area (TPSA) is 59.9 Å². The molecule has 0 bridgehead atoms. The zero-order valence-electron chi connectivity index (χ0n) is 19.4. The number of hydrogen-bond donors (Lipinski definition) is 1. The molecule has 0 aromatic heterocycles. The minimum absolute atomic E-state index is 0.0282.